The van der Waals surface area contributed by atoms with Crippen LogP contribution in [0.3, 0.4) is 0 Å². The predicted octanol–water partition coefficient (Wildman–Crippen LogP) is 8.88. The Labute approximate surface area is 374 Å². The number of piperazine rings is 1. The average Bonchev–Trinajstić information content (AvgIpc) is 3.72. The number of H-pyrrole nitrogens is 1. The van der Waals surface area contributed by atoms with Gasteiger partial charge in [0.05, 0.1) is 21.6 Å². The van der Waals surface area contributed by atoms with Crippen LogP contribution in [0, 0.1) is 21.4 Å². The van der Waals surface area contributed by atoms with Gasteiger partial charge in [-0.15, -0.1) is 0 Å². The molecule has 3 aliphatic rings. The second-order valence-electron chi connectivity index (χ2n) is 17.9. The number of nitrogens with one attached hydrogen (secondary N) is 2. The van der Waals surface area contributed by atoms with E-state index < -0.39 is 35.3 Å². The maximum Gasteiger partial charge on any atom is 0.273 e. The minimum atomic E-state index is -4.56. The zero-order chi connectivity index (χ0) is 44.5. The Kier molecular flexibility index (Phi) is 12.8. The summed E-state index contributed by atoms with van der Waals surface area (Å²) in [7, 11) is -6.61. The monoisotopic (exact) mass is 912 g/mol. The van der Waals surface area contributed by atoms with Crippen molar-refractivity contribution in [2.75, 3.05) is 49.1 Å². The van der Waals surface area contributed by atoms with E-state index in [1.807, 2.05) is 18.2 Å². The van der Waals surface area contributed by atoms with Crippen molar-refractivity contribution in [2.24, 2.45) is 11.3 Å². The Morgan fingerprint density at radius 3 is 2.52 bits per heavy atom. The van der Waals surface area contributed by atoms with E-state index in [9.17, 15) is 27.5 Å². The molecule has 8 rings (SSSR count). The number of nitro groups is 1. The van der Waals surface area contributed by atoms with Crippen LogP contribution in [0.1, 0.15) is 73.9 Å². The zero-order valence-electron chi connectivity index (χ0n) is 35.6. The topological polar surface area (TPSA) is 168 Å². The molecule has 0 atom stereocenters. The molecule has 2 aromatic heterocycles. The molecule has 0 bridgehead atoms. The van der Waals surface area contributed by atoms with Crippen molar-refractivity contribution in [1.29, 1.82) is 0 Å². The summed E-state index contributed by atoms with van der Waals surface area (Å²) in [6, 6.07) is 20.6. The number of ether oxygens (including phenoxy) is 1. The summed E-state index contributed by atoms with van der Waals surface area (Å²) in [6.07, 6.45) is 8.94. The number of allylic oxidation sites excluding steroid dienone is 1. The highest BCUT2D eigenvalue weighted by molar-refractivity contribution is 8.00. The summed E-state index contributed by atoms with van der Waals surface area (Å²) >= 11 is 6.24. The number of carbonyl (C=O) groups is 1. The number of aryl methyl sites for hydroxylation is 1. The molecule has 0 unspecified atom stereocenters. The van der Waals surface area contributed by atoms with Gasteiger partial charge in [-0.1, -0.05) is 49.2 Å². The van der Waals surface area contributed by atoms with Gasteiger partial charge >= 0.3 is 0 Å². The van der Waals surface area contributed by atoms with Crippen molar-refractivity contribution < 1.29 is 27.1 Å². The fourth-order valence-electron chi connectivity index (χ4n) is 8.97. The first-order valence-electron chi connectivity index (χ1n) is 21.4. The molecule has 0 spiro atoms. The molecule has 4 heterocycles. The molecule has 2 aliphatic heterocycles. The SMILES string of the molecule is C=S1(=O)CCC(CCc2ccc(S(=O)(=O)NC(=O)c3ccc(N4CCN(CC5=C(c6ccc(Cl)cc6)CC(C)(C)CC5)CC4)cc3Oc3cnc4[nH]ccc4c3)cc2[N+](=O)[O-])CC1. The molecule has 1 aliphatic carbocycles. The summed E-state index contributed by atoms with van der Waals surface area (Å²) in [5.74, 6) is 4.65. The molecule has 5 aromatic rings. The smallest absolute Gasteiger partial charge is 0.273 e. The lowest BCUT2D eigenvalue weighted by molar-refractivity contribution is -0.385. The second kappa shape index (κ2) is 18.1. The van der Waals surface area contributed by atoms with Gasteiger partial charge in [-0.05, 0) is 125 Å². The number of sulfonamides is 1. The van der Waals surface area contributed by atoms with Gasteiger partial charge in [0.1, 0.15) is 17.1 Å². The number of nitro benzene ring substituents is 1. The van der Waals surface area contributed by atoms with Crippen LogP contribution in [0.15, 0.2) is 95.7 Å². The van der Waals surface area contributed by atoms with Crippen molar-refractivity contribution in [1.82, 2.24) is 19.6 Å². The standard InChI is InChI=1S/C47H53ClN6O7S2/c1-47(2)18-14-36(42(29-47)33-6-9-37(48)10-7-33)31-52-20-22-53(23-21-52)38-11-13-41(44(27-38)61-39-26-35-15-19-49-45(35)50-30-39)46(55)51-63(59,60)40-12-8-34(43(28-40)54(56)57)5-4-32-16-24-62(3,58)25-17-32/h6-13,15,19,26-28,30,32H,3-5,14,16-18,20-25,29,31H2,1-2H3,(H,49,50)(H,51,55). The molecule has 3 aromatic carbocycles. The lowest BCUT2D eigenvalue weighted by Gasteiger charge is -2.39. The Balaban J connectivity index is 0.996. The lowest BCUT2D eigenvalue weighted by atomic mass is 9.72. The Morgan fingerprint density at radius 2 is 1.79 bits per heavy atom. The quantitative estimate of drug-likeness (QED) is 0.0662. The second-order valence-corrected chi connectivity index (χ2v) is 22.8. The van der Waals surface area contributed by atoms with E-state index in [1.54, 1.807) is 30.5 Å². The number of anilines is 1. The molecule has 63 heavy (non-hydrogen) atoms. The number of hydrogen-bond donors (Lipinski definition) is 2. The third-order valence-electron chi connectivity index (χ3n) is 12.8. The molecule has 332 valence electrons. The van der Waals surface area contributed by atoms with Crippen molar-refractivity contribution in [3.8, 4) is 11.5 Å². The van der Waals surface area contributed by atoms with Crippen LogP contribution in [0.2, 0.25) is 5.02 Å². The average molecular weight is 914 g/mol. The van der Waals surface area contributed by atoms with E-state index in [-0.39, 0.29) is 28.3 Å². The number of aromatic amines is 1. The number of hydrogen-bond acceptors (Lipinski definition) is 10. The fourth-order valence-corrected chi connectivity index (χ4v) is 11.8. The first kappa shape index (κ1) is 44.4. The van der Waals surface area contributed by atoms with E-state index in [2.05, 4.69) is 56.3 Å². The van der Waals surface area contributed by atoms with E-state index >= 15 is 0 Å². The van der Waals surface area contributed by atoms with Crippen LogP contribution < -0.4 is 14.4 Å². The Morgan fingerprint density at radius 1 is 1.05 bits per heavy atom. The largest absolute Gasteiger partial charge is 0.455 e. The first-order valence-corrected chi connectivity index (χ1v) is 25.3. The van der Waals surface area contributed by atoms with Crippen LogP contribution >= 0.6 is 11.6 Å². The van der Waals surface area contributed by atoms with Crippen molar-refractivity contribution in [2.45, 2.75) is 63.7 Å². The lowest BCUT2D eigenvalue weighted by Crippen LogP contribution is -2.47. The third-order valence-corrected chi connectivity index (χ3v) is 16.3. The Bertz CT molecular complexity index is 2780. The molecule has 1 amide bonds. The van der Waals surface area contributed by atoms with E-state index in [0.717, 1.165) is 87.0 Å². The summed E-state index contributed by atoms with van der Waals surface area (Å²) < 4.78 is 48.2. The fraction of sp³-hybridized carbons (Fsp3) is 0.383. The molecular formula is C47H53ClN6O7S2. The highest BCUT2D eigenvalue weighted by Crippen LogP contribution is 2.43. The molecule has 16 heteroatoms. The van der Waals surface area contributed by atoms with E-state index in [1.165, 1.54) is 35.0 Å². The zero-order valence-corrected chi connectivity index (χ0v) is 38.0. The van der Waals surface area contributed by atoms with Crippen molar-refractivity contribution in [3.05, 3.63) is 123 Å². The van der Waals surface area contributed by atoms with Crippen molar-refractivity contribution >= 4 is 70.9 Å². The van der Waals surface area contributed by atoms with Crippen LogP contribution in [-0.4, -0.2) is 88.4 Å². The third kappa shape index (κ3) is 10.6. The number of benzene rings is 3. The summed E-state index contributed by atoms with van der Waals surface area (Å²) in [6.45, 7) is 8.62. The number of pyridine rings is 1. The van der Waals surface area contributed by atoms with Crippen LogP contribution in [-0.2, 0) is 26.0 Å². The van der Waals surface area contributed by atoms with Gasteiger partial charge in [0.25, 0.3) is 21.6 Å². The number of carbonyl (C=O) groups excluding carboxylic acids is 1. The highest BCUT2D eigenvalue weighted by Gasteiger charge is 2.31. The van der Waals surface area contributed by atoms with Crippen LogP contribution in [0.5, 0.6) is 11.5 Å². The van der Waals surface area contributed by atoms with Gasteiger partial charge in [0.2, 0.25) is 0 Å². The van der Waals surface area contributed by atoms with E-state index in [0.29, 0.717) is 41.3 Å². The molecule has 2 saturated heterocycles. The van der Waals surface area contributed by atoms with Crippen LogP contribution in [0.4, 0.5) is 11.4 Å². The highest BCUT2D eigenvalue weighted by atomic mass is 35.5. The number of fused-ring (bicyclic) bond motifs is 1. The number of halogens is 1. The summed E-state index contributed by atoms with van der Waals surface area (Å²) in [5, 5.41) is 13.7. The maximum atomic E-state index is 13.9. The first-order chi connectivity index (χ1) is 30.0. The van der Waals surface area contributed by atoms with Crippen LogP contribution in [0.25, 0.3) is 16.6 Å². The predicted molar refractivity (Wildman–Crippen MR) is 251 cm³/mol. The minimum absolute atomic E-state index is 0.0400. The summed E-state index contributed by atoms with van der Waals surface area (Å²) in [5.41, 5.74) is 5.79. The number of aromatic nitrogens is 2. The number of amides is 1. The molecule has 2 N–H and O–H groups in total. The van der Waals surface area contributed by atoms with Gasteiger partial charge in [0, 0.05) is 84.2 Å². The summed E-state index contributed by atoms with van der Waals surface area (Å²) in [4.78, 5) is 37.3. The maximum absolute atomic E-state index is 13.9. The molecule has 2 fully saturated rings. The van der Waals surface area contributed by atoms with Gasteiger partial charge in [0.15, 0.2) is 0 Å². The number of rotatable bonds is 13. The van der Waals surface area contributed by atoms with Gasteiger partial charge < -0.3 is 14.6 Å². The number of nitrogens with zero attached hydrogens (tertiary/aromatic N) is 4. The molecular weight excluding hydrogens is 860 g/mol. The van der Waals surface area contributed by atoms with Crippen molar-refractivity contribution in [3.63, 3.8) is 0 Å². The van der Waals surface area contributed by atoms with Gasteiger partial charge in [-0.25, -0.2) is 18.1 Å². The van der Waals surface area contributed by atoms with Gasteiger partial charge in [-0.2, -0.15) is 0 Å². The molecule has 0 radical (unpaired) electrons. The normalized spacial score (nSPS) is 20.7. The molecule has 0 saturated carbocycles. The Hall–Kier alpha value is -5.22. The molecule has 13 nitrogen and oxygen atoms in total. The van der Waals surface area contributed by atoms with Gasteiger partial charge in [-0.3, -0.25) is 24.0 Å². The van der Waals surface area contributed by atoms with E-state index in [4.69, 9.17) is 16.3 Å². The minimum Gasteiger partial charge on any atom is -0.455 e.